The summed E-state index contributed by atoms with van der Waals surface area (Å²) in [5, 5.41) is 12.5. The fourth-order valence-electron chi connectivity index (χ4n) is 7.88. The van der Waals surface area contributed by atoms with Crippen LogP contribution in [0.5, 0.6) is 0 Å². The number of halogens is 1. The summed E-state index contributed by atoms with van der Waals surface area (Å²) in [5.74, 6) is -0.460. The van der Waals surface area contributed by atoms with Crippen LogP contribution in [0.25, 0.3) is 53.8 Å². The molecule has 0 amide bonds. The van der Waals surface area contributed by atoms with Crippen molar-refractivity contribution in [2.24, 2.45) is 5.92 Å². The van der Waals surface area contributed by atoms with E-state index in [0.29, 0.717) is 11.3 Å². The molecule has 7 aromatic rings. The van der Waals surface area contributed by atoms with Crippen LogP contribution in [0.1, 0.15) is 68.2 Å². The van der Waals surface area contributed by atoms with Crippen molar-refractivity contribution in [1.29, 1.82) is 5.26 Å². The van der Waals surface area contributed by atoms with Gasteiger partial charge in [0.1, 0.15) is 0 Å². The molecule has 0 saturated heterocycles. The Labute approximate surface area is 353 Å². The molecule has 287 valence electrons. The molecule has 1 aliphatic carbocycles. The van der Waals surface area contributed by atoms with E-state index in [-0.39, 0.29) is 31.6 Å². The molecule has 1 aliphatic rings. The summed E-state index contributed by atoms with van der Waals surface area (Å²) in [6.45, 7) is 15.5. The van der Waals surface area contributed by atoms with Gasteiger partial charge >= 0.3 is 0 Å². The van der Waals surface area contributed by atoms with E-state index >= 15 is 0 Å². The molecule has 0 aliphatic heterocycles. The van der Waals surface area contributed by atoms with E-state index in [1.807, 2.05) is 36.5 Å². The van der Waals surface area contributed by atoms with Crippen molar-refractivity contribution >= 4 is 44.8 Å². The Morgan fingerprint density at radius 2 is 1.64 bits per heavy atom. The number of aryl methyl sites for hydroxylation is 4. The van der Waals surface area contributed by atoms with E-state index in [1.54, 1.807) is 23.6 Å². The second kappa shape index (κ2) is 17.4. The van der Waals surface area contributed by atoms with Crippen LogP contribution in [-0.2, 0) is 26.5 Å². The smallest absolute Gasteiger partial charge is 0.0795 e. The topological polar surface area (TPSA) is 49.6 Å². The van der Waals surface area contributed by atoms with Gasteiger partial charge in [0.2, 0.25) is 0 Å². The van der Waals surface area contributed by atoms with Crippen molar-refractivity contribution in [3.63, 3.8) is 0 Å². The van der Waals surface area contributed by atoms with Crippen molar-refractivity contribution in [1.82, 2.24) is 9.97 Å². The number of thiophene rings is 1. The summed E-state index contributed by atoms with van der Waals surface area (Å²) in [5.41, 5.74) is 11.5. The van der Waals surface area contributed by atoms with Crippen LogP contribution >= 0.6 is 11.3 Å². The molecule has 1 fully saturated rings. The summed E-state index contributed by atoms with van der Waals surface area (Å²) in [6.07, 6.45) is 7.68. The van der Waals surface area contributed by atoms with Crippen LogP contribution in [-0.4, -0.2) is 18.0 Å². The number of nitriles is 1. The number of aromatic nitrogens is 2. The molecule has 1 radical (unpaired) electrons. The molecule has 3 heterocycles. The van der Waals surface area contributed by atoms with Gasteiger partial charge in [-0.3, -0.25) is 0 Å². The van der Waals surface area contributed by atoms with Gasteiger partial charge in [0.15, 0.2) is 0 Å². The minimum absolute atomic E-state index is 0. The molecular weight excluding hydrogens is 902 g/mol. The number of rotatable bonds is 6. The zero-order chi connectivity index (χ0) is 40.6. The molecule has 8 rings (SSSR count). The van der Waals surface area contributed by atoms with Gasteiger partial charge < -0.3 is 9.97 Å². The van der Waals surface area contributed by atoms with Crippen LogP contribution in [0, 0.1) is 62.9 Å². The SMILES string of the molecule is C[Si](C)(C)c1ccc(-c2[c-]cc(C#N)c(F)c2)nc1.[2H]C([2H])(c1ccnc(-c2[c-]ccc3c2sc2cc(-c4c(C)cc(C)cc4C)cc(C)c23)c1)C1CCCCC1.[Ir]. The monoisotopic (exact) mass is 952 g/mol. The van der Waals surface area contributed by atoms with E-state index in [4.69, 9.17) is 13.0 Å². The van der Waals surface area contributed by atoms with Crippen molar-refractivity contribution in [2.45, 2.75) is 85.8 Å². The second-order valence-corrected chi connectivity index (χ2v) is 22.1. The first-order valence-electron chi connectivity index (χ1n) is 20.2. The van der Waals surface area contributed by atoms with E-state index in [2.05, 4.69) is 94.8 Å². The Kier molecular flexibility index (Phi) is 12.0. The number of fused-ring (bicyclic) bond motifs is 3. The summed E-state index contributed by atoms with van der Waals surface area (Å²) in [6, 6.07) is 31.9. The maximum Gasteiger partial charge on any atom is 0.0795 e. The van der Waals surface area contributed by atoms with Crippen LogP contribution in [0.3, 0.4) is 0 Å². The summed E-state index contributed by atoms with van der Waals surface area (Å²) in [7, 11) is -1.37. The number of hydrogen-bond donors (Lipinski definition) is 0. The Morgan fingerprint density at radius 1 is 0.893 bits per heavy atom. The van der Waals surface area contributed by atoms with Crippen LogP contribution in [0.2, 0.25) is 19.6 Å². The van der Waals surface area contributed by atoms with Gasteiger partial charge in [0.05, 0.1) is 20.0 Å². The Bertz CT molecular complexity index is 2630. The molecule has 3 nitrogen and oxygen atoms in total. The predicted molar refractivity (Wildman–Crippen MR) is 232 cm³/mol. The third kappa shape index (κ3) is 8.95. The Morgan fingerprint density at radius 3 is 2.30 bits per heavy atom. The number of hydrogen-bond acceptors (Lipinski definition) is 4. The molecule has 0 N–H and O–H groups in total. The number of benzene rings is 4. The minimum Gasteiger partial charge on any atom is -0.305 e. The normalized spacial score (nSPS) is 14.0. The average Bonchev–Trinajstić information content (AvgIpc) is 3.57. The van der Waals surface area contributed by atoms with Gasteiger partial charge in [-0.2, -0.15) is 11.3 Å². The van der Waals surface area contributed by atoms with Crippen molar-refractivity contribution in [3.8, 4) is 39.7 Å². The molecule has 4 aromatic carbocycles. The van der Waals surface area contributed by atoms with Gasteiger partial charge in [-0.05, 0) is 107 Å². The molecule has 56 heavy (non-hydrogen) atoms. The number of nitrogens with zero attached hydrogens (tertiary/aromatic N) is 3. The fourth-order valence-corrected chi connectivity index (χ4v) is 10.2. The molecule has 7 heteroatoms. The van der Waals surface area contributed by atoms with E-state index in [0.717, 1.165) is 42.5 Å². The molecule has 0 spiro atoms. The maximum atomic E-state index is 13.5. The first-order chi connectivity index (χ1) is 27.1. The van der Waals surface area contributed by atoms with E-state index in [1.165, 1.54) is 77.3 Å². The first kappa shape index (κ1) is 38.6. The standard InChI is InChI=1S/C34H34NS.C15H14FN2Si.Ir/c1-21-15-22(2)32(23(3)16-21)27-17-24(4)33-29-12-8-11-28(34(29)36-31(33)20-27)30-19-26(13-14-35-30)18-25-9-6-5-7-10-25;1-19(2,3)13-6-7-15(18-10-13)11-4-5-12(9-17)14(16)8-11;/h8,12-17,19-20,25H,5-7,9-10,18H2,1-4H3;5-8,10H,1-3H3;/q2*-1;/i18D2;;. The molecule has 3 aromatic heterocycles. The van der Waals surface area contributed by atoms with Gasteiger partial charge in [-0.25, -0.2) is 9.65 Å². The van der Waals surface area contributed by atoms with Crippen molar-refractivity contribution < 1.29 is 27.2 Å². The molecule has 1 saturated carbocycles. The van der Waals surface area contributed by atoms with Crippen molar-refractivity contribution in [3.05, 3.63) is 137 Å². The van der Waals surface area contributed by atoms with Crippen LogP contribution < -0.4 is 5.19 Å². The van der Waals surface area contributed by atoms with Gasteiger partial charge in [-0.1, -0.05) is 105 Å². The third-order valence-electron chi connectivity index (χ3n) is 10.6. The largest absolute Gasteiger partial charge is 0.305 e. The minimum atomic E-state index is -1.37. The Hall–Kier alpha value is -4.31. The van der Waals surface area contributed by atoms with Gasteiger partial charge in [0, 0.05) is 45.5 Å². The maximum absolute atomic E-state index is 13.5. The summed E-state index contributed by atoms with van der Waals surface area (Å²) in [4.78, 5) is 9.08. The molecular formula is C49H48FIrN3SSi-2. The summed E-state index contributed by atoms with van der Waals surface area (Å²) >= 11 is 1.80. The van der Waals surface area contributed by atoms with Gasteiger partial charge in [-0.15, -0.1) is 47.5 Å². The second-order valence-electron chi connectivity index (χ2n) is 15.9. The quantitative estimate of drug-likeness (QED) is 0.123. The zero-order valence-electron chi connectivity index (χ0n) is 35.2. The number of pyridine rings is 2. The van der Waals surface area contributed by atoms with E-state index in [9.17, 15) is 4.39 Å². The summed E-state index contributed by atoms with van der Waals surface area (Å²) < 4.78 is 33.9. The van der Waals surface area contributed by atoms with E-state index < -0.39 is 20.3 Å². The third-order valence-corrected chi connectivity index (χ3v) is 13.8. The Balaban J connectivity index is 0.000000240. The predicted octanol–water partition coefficient (Wildman–Crippen LogP) is 13.0. The first-order valence-corrected chi connectivity index (χ1v) is 23.5. The van der Waals surface area contributed by atoms with Gasteiger partial charge in [0.25, 0.3) is 0 Å². The fraction of sp³-hybridized carbons (Fsp3) is 0.286. The molecule has 0 unspecified atom stereocenters. The molecule has 0 bridgehead atoms. The van der Waals surface area contributed by atoms with Crippen LogP contribution in [0.15, 0.2) is 85.2 Å². The zero-order valence-corrected chi connectivity index (χ0v) is 37.4. The molecule has 0 atom stereocenters. The van der Waals surface area contributed by atoms with Crippen LogP contribution in [0.4, 0.5) is 4.39 Å². The van der Waals surface area contributed by atoms with Crippen molar-refractivity contribution in [2.75, 3.05) is 0 Å². The average molecular weight is 952 g/mol.